The van der Waals surface area contributed by atoms with Gasteiger partial charge in [0.1, 0.15) is 0 Å². The predicted octanol–water partition coefficient (Wildman–Crippen LogP) is 2.32. The molecule has 1 aliphatic carbocycles. The van der Waals surface area contributed by atoms with Crippen molar-refractivity contribution in [2.75, 3.05) is 6.54 Å². The molecular formula is C17H21NO3. The normalized spacial score (nSPS) is 21.0. The molecule has 1 amide bonds. The van der Waals surface area contributed by atoms with E-state index in [2.05, 4.69) is 11.4 Å². The van der Waals surface area contributed by atoms with Crippen molar-refractivity contribution in [2.24, 2.45) is 11.8 Å². The highest BCUT2D eigenvalue weighted by molar-refractivity contribution is 5.85. The summed E-state index contributed by atoms with van der Waals surface area (Å²) in [6.07, 6.45) is 5.44. The van der Waals surface area contributed by atoms with Crippen molar-refractivity contribution in [3.8, 4) is 0 Å². The molecular weight excluding hydrogens is 266 g/mol. The van der Waals surface area contributed by atoms with Gasteiger partial charge in [-0.15, -0.1) is 0 Å². The molecule has 0 heterocycles. The predicted molar refractivity (Wildman–Crippen MR) is 80.9 cm³/mol. The highest BCUT2D eigenvalue weighted by atomic mass is 16.4. The number of hydrogen-bond donors (Lipinski definition) is 2. The molecule has 2 atom stereocenters. The SMILES string of the molecule is Cc1cccc(CCNC(=O)[C@@H]2CC=CC[C@@H]2C(=O)O)c1. The lowest BCUT2D eigenvalue weighted by Crippen LogP contribution is -2.39. The van der Waals surface area contributed by atoms with Crippen LogP contribution < -0.4 is 5.32 Å². The number of benzene rings is 1. The van der Waals surface area contributed by atoms with Crippen molar-refractivity contribution >= 4 is 11.9 Å². The smallest absolute Gasteiger partial charge is 0.307 e. The fraction of sp³-hybridized carbons (Fsp3) is 0.412. The molecule has 0 bridgehead atoms. The fourth-order valence-electron chi connectivity index (χ4n) is 2.71. The third kappa shape index (κ3) is 4.18. The second-order valence-electron chi connectivity index (χ2n) is 5.52. The molecule has 4 nitrogen and oxygen atoms in total. The van der Waals surface area contributed by atoms with Gasteiger partial charge in [0.2, 0.25) is 5.91 Å². The van der Waals surface area contributed by atoms with Gasteiger partial charge in [0.05, 0.1) is 11.8 Å². The summed E-state index contributed by atoms with van der Waals surface area (Å²) in [5.41, 5.74) is 2.37. The Morgan fingerprint density at radius 2 is 1.95 bits per heavy atom. The standard InChI is InChI=1S/C17H21NO3/c1-12-5-4-6-13(11-12)9-10-18-16(19)14-7-2-3-8-15(14)17(20)21/h2-6,11,14-15H,7-10H2,1H3,(H,18,19)(H,20,21)/t14-,15+/m1/s1. The Morgan fingerprint density at radius 1 is 1.24 bits per heavy atom. The molecule has 0 saturated carbocycles. The average Bonchev–Trinajstić information content (AvgIpc) is 2.47. The maximum atomic E-state index is 12.2. The molecule has 0 radical (unpaired) electrons. The number of carbonyl (C=O) groups is 2. The molecule has 0 unspecified atom stereocenters. The molecule has 112 valence electrons. The van der Waals surface area contributed by atoms with Crippen LogP contribution in [0.15, 0.2) is 36.4 Å². The number of aliphatic carboxylic acids is 1. The van der Waals surface area contributed by atoms with Gasteiger partial charge in [0, 0.05) is 6.54 Å². The van der Waals surface area contributed by atoms with Crippen molar-refractivity contribution in [3.05, 3.63) is 47.5 Å². The van der Waals surface area contributed by atoms with Gasteiger partial charge >= 0.3 is 5.97 Å². The van der Waals surface area contributed by atoms with E-state index in [1.54, 1.807) is 0 Å². The van der Waals surface area contributed by atoms with Crippen LogP contribution in [0.5, 0.6) is 0 Å². The van der Waals surface area contributed by atoms with Gasteiger partial charge in [0.25, 0.3) is 0 Å². The van der Waals surface area contributed by atoms with Crippen LogP contribution in [0.25, 0.3) is 0 Å². The molecule has 2 N–H and O–H groups in total. The number of hydrogen-bond acceptors (Lipinski definition) is 2. The number of rotatable bonds is 5. The molecule has 0 spiro atoms. The zero-order chi connectivity index (χ0) is 15.2. The van der Waals surface area contributed by atoms with Crippen LogP contribution in [0, 0.1) is 18.8 Å². The summed E-state index contributed by atoms with van der Waals surface area (Å²) in [6.45, 7) is 2.57. The van der Waals surface area contributed by atoms with Gasteiger partial charge in [-0.1, -0.05) is 42.0 Å². The lowest BCUT2D eigenvalue weighted by Gasteiger charge is -2.24. The van der Waals surface area contributed by atoms with Crippen LogP contribution in [0.2, 0.25) is 0 Å². The minimum absolute atomic E-state index is 0.153. The molecule has 1 aromatic rings. The summed E-state index contributed by atoms with van der Waals surface area (Å²) in [4.78, 5) is 23.3. The lowest BCUT2D eigenvalue weighted by atomic mass is 9.82. The first-order valence-electron chi connectivity index (χ1n) is 7.29. The third-order valence-electron chi connectivity index (χ3n) is 3.88. The van der Waals surface area contributed by atoms with Crippen molar-refractivity contribution in [2.45, 2.75) is 26.2 Å². The molecule has 1 aliphatic rings. The summed E-state index contributed by atoms with van der Waals surface area (Å²) >= 11 is 0. The van der Waals surface area contributed by atoms with E-state index >= 15 is 0 Å². The van der Waals surface area contributed by atoms with E-state index in [0.29, 0.717) is 19.4 Å². The first-order chi connectivity index (χ1) is 10.1. The third-order valence-corrected chi connectivity index (χ3v) is 3.88. The number of nitrogens with one attached hydrogen (secondary N) is 1. The molecule has 1 aromatic carbocycles. The Balaban J connectivity index is 1.86. The van der Waals surface area contributed by atoms with E-state index in [1.165, 1.54) is 11.1 Å². The number of aryl methyl sites for hydroxylation is 1. The Morgan fingerprint density at radius 3 is 2.62 bits per heavy atom. The van der Waals surface area contributed by atoms with E-state index in [1.807, 2.05) is 37.3 Å². The Labute approximate surface area is 124 Å². The van der Waals surface area contributed by atoms with Gasteiger partial charge in [-0.25, -0.2) is 0 Å². The van der Waals surface area contributed by atoms with E-state index in [0.717, 1.165) is 6.42 Å². The first-order valence-corrected chi connectivity index (χ1v) is 7.29. The minimum atomic E-state index is -0.891. The lowest BCUT2D eigenvalue weighted by molar-refractivity contribution is -0.147. The average molecular weight is 287 g/mol. The van der Waals surface area contributed by atoms with E-state index < -0.39 is 17.8 Å². The zero-order valence-electron chi connectivity index (χ0n) is 12.2. The Kier molecular flexibility index (Phi) is 5.14. The van der Waals surface area contributed by atoms with Crippen LogP contribution in [-0.2, 0) is 16.0 Å². The fourth-order valence-corrected chi connectivity index (χ4v) is 2.71. The van der Waals surface area contributed by atoms with E-state index in [4.69, 9.17) is 0 Å². The largest absolute Gasteiger partial charge is 0.481 e. The zero-order valence-corrected chi connectivity index (χ0v) is 12.2. The van der Waals surface area contributed by atoms with Crippen molar-refractivity contribution in [1.29, 1.82) is 0 Å². The molecule has 0 aromatic heterocycles. The summed E-state index contributed by atoms with van der Waals surface area (Å²) < 4.78 is 0. The molecule has 0 fully saturated rings. The van der Waals surface area contributed by atoms with Crippen LogP contribution in [0.1, 0.15) is 24.0 Å². The molecule has 4 heteroatoms. The summed E-state index contributed by atoms with van der Waals surface area (Å²) in [7, 11) is 0. The molecule has 0 saturated heterocycles. The monoisotopic (exact) mass is 287 g/mol. The van der Waals surface area contributed by atoms with Crippen LogP contribution in [-0.4, -0.2) is 23.5 Å². The van der Waals surface area contributed by atoms with Crippen LogP contribution in [0.4, 0.5) is 0 Å². The van der Waals surface area contributed by atoms with Crippen molar-refractivity contribution < 1.29 is 14.7 Å². The number of carboxylic acids is 1. The van der Waals surface area contributed by atoms with Gasteiger partial charge in [-0.05, 0) is 31.7 Å². The quantitative estimate of drug-likeness (QED) is 0.817. The van der Waals surface area contributed by atoms with Crippen LogP contribution >= 0.6 is 0 Å². The number of amides is 1. The topological polar surface area (TPSA) is 66.4 Å². The maximum Gasteiger partial charge on any atom is 0.307 e. The number of allylic oxidation sites excluding steroid dienone is 2. The first kappa shape index (κ1) is 15.3. The van der Waals surface area contributed by atoms with Crippen molar-refractivity contribution in [1.82, 2.24) is 5.32 Å². The van der Waals surface area contributed by atoms with E-state index in [9.17, 15) is 14.7 Å². The number of carbonyl (C=O) groups excluding carboxylic acids is 1. The van der Waals surface area contributed by atoms with Gasteiger partial charge in [0.15, 0.2) is 0 Å². The van der Waals surface area contributed by atoms with Gasteiger partial charge < -0.3 is 10.4 Å². The molecule has 21 heavy (non-hydrogen) atoms. The summed E-state index contributed by atoms with van der Waals surface area (Å²) in [5.74, 6) is -2.10. The highest BCUT2D eigenvalue weighted by Gasteiger charge is 2.33. The summed E-state index contributed by atoms with van der Waals surface area (Å²) in [6, 6.07) is 8.16. The molecule has 2 rings (SSSR count). The Bertz CT molecular complexity index is 551. The number of carboxylic acid groups (broad SMARTS) is 1. The van der Waals surface area contributed by atoms with Gasteiger partial charge in [-0.2, -0.15) is 0 Å². The molecule has 0 aliphatic heterocycles. The summed E-state index contributed by atoms with van der Waals surface area (Å²) in [5, 5.41) is 12.0. The van der Waals surface area contributed by atoms with Crippen molar-refractivity contribution in [3.63, 3.8) is 0 Å². The highest BCUT2D eigenvalue weighted by Crippen LogP contribution is 2.25. The maximum absolute atomic E-state index is 12.2. The van der Waals surface area contributed by atoms with E-state index in [-0.39, 0.29) is 5.91 Å². The van der Waals surface area contributed by atoms with Gasteiger partial charge in [-0.3, -0.25) is 9.59 Å². The Hall–Kier alpha value is -2.10. The van der Waals surface area contributed by atoms with Crippen LogP contribution in [0.3, 0.4) is 0 Å². The minimum Gasteiger partial charge on any atom is -0.481 e. The second kappa shape index (κ2) is 7.07. The second-order valence-corrected chi connectivity index (χ2v) is 5.52.